The van der Waals surface area contributed by atoms with Crippen molar-refractivity contribution in [2.24, 2.45) is 0 Å². The largest absolute Gasteiger partial charge is 0.456 e. The van der Waals surface area contributed by atoms with Crippen LogP contribution in [0.15, 0.2) is 282 Å². The van der Waals surface area contributed by atoms with Crippen molar-refractivity contribution in [3.8, 4) is 78.9 Å². The van der Waals surface area contributed by atoms with Crippen LogP contribution in [0, 0.1) is 0 Å². The first-order valence-corrected chi connectivity index (χ1v) is 27.6. The van der Waals surface area contributed by atoms with Gasteiger partial charge >= 0.3 is 0 Å². The molecule has 82 heavy (non-hydrogen) atoms. The standard InChI is InChI=1S/C75H45N5O2/c1-2-16-46(17-3-1)55-22-4-5-23-56(55)51-18-14-19-52(40-51)73-76-74(78-75(77-73)80-66-29-11-7-25-58(66)62-43-48(33-37-68(62)80)50-35-39-72-64(45-50)60-27-9-13-31-70(60)82-72)53-20-15-21-54(41-53)79-65-28-10-6-24-57(65)61-42-47(32-36-67(61)79)49-34-38-71-63(44-49)59-26-8-12-30-69(59)81-71/h1-45H. The third kappa shape index (κ3) is 7.34. The molecule has 0 aliphatic rings. The van der Waals surface area contributed by atoms with E-state index in [1.165, 1.54) is 10.8 Å². The summed E-state index contributed by atoms with van der Waals surface area (Å²) in [4.78, 5) is 16.4. The predicted octanol–water partition coefficient (Wildman–Crippen LogP) is 19.9. The van der Waals surface area contributed by atoms with Gasteiger partial charge in [-0.25, -0.2) is 4.98 Å². The molecule has 17 aromatic rings. The number of fused-ring (bicyclic) bond motifs is 12. The minimum Gasteiger partial charge on any atom is -0.456 e. The van der Waals surface area contributed by atoms with E-state index in [4.69, 9.17) is 23.8 Å². The molecule has 5 aromatic heterocycles. The summed E-state index contributed by atoms with van der Waals surface area (Å²) < 4.78 is 17.0. The van der Waals surface area contributed by atoms with Crippen LogP contribution in [0.3, 0.4) is 0 Å². The zero-order valence-electron chi connectivity index (χ0n) is 44.0. The van der Waals surface area contributed by atoms with E-state index in [0.717, 1.165) is 138 Å². The van der Waals surface area contributed by atoms with Gasteiger partial charge in [0.25, 0.3) is 0 Å². The summed E-state index contributed by atoms with van der Waals surface area (Å²) in [5.74, 6) is 1.65. The van der Waals surface area contributed by atoms with Gasteiger partial charge in [0, 0.05) is 59.9 Å². The maximum atomic E-state index is 6.23. The zero-order valence-corrected chi connectivity index (χ0v) is 44.0. The zero-order chi connectivity index (χ0) is 53.8. The topological polar surface area (TPSA) is 74.8 Å². The number of para-hydroxylation sites is 4. The Hall–Kier alpha value is -11.2. The quantitative estimate of drug-likeness (QED) is 0.152. The molecule has 5 heterocycles. The van der Waals surface area contributed by atoms with Crippen molar-refractivity contribution in [1.82, 2.24) is 24.1 Å². The van der Waals surface area contributed by atoms with Gasteiger partial charge in [-0.05, 0) is 136 Å². The Morgan fingerprint density at radius 1 is 0.232 bits per heavy atom. The van der Waals surface area contributed by atoms with Crippen molar-refractivity contribution in [2.75, 3.05) is 0 Å². The van der Waals surface area contributed by atoms with E-state index in [-0.39, 0.29) is 0 Å². The van der Waals surface area contributed by atoms with Crippen LogP contribution >= 0.6 is 0 Å². The van der Waals surface area contributed by atoms with Crippen molar-refractivity contribution >= 4 is 87.5 Å². The third-order valence-corrected chi connectivity index (χ3v) is 16.4. The number of rotatable bonds is 8. The molecule has 0 atom stereocenters. The number of aromatic nitrogens is 5. The van der Waals surface area contributed by atoms with Gasteiger partial charge in [0.2, 0.25) is 5.95 Å². The van der Waals surface area contributed by atoms with Crippen LogP contribution in [0.5, 0.6) is 0 Å². The third-order valence-electron chi connectivity index (χ3n) is 16.4. The minimum absolute atomic E-state index is 0.525. The summed E-state index contributed by atoms with van der Waals surface area (Å²) in [6.45, 7) is 0. The molecule has 0 N–H and O–H groups in total. The molecule has 0 amide bonds. The maximum absolute atomic E-state index is 6.23. The van der Waals surface area contributed by atoms with Crippen molar-refractivity contribution < 1.29 is 8.83 Å². The minimum atomic E-state index is 0.525. The molecule has 0 unspecified atom stereocenters. The fourth-order valence-corrected chi connectivity index (χ4v) is 12.5. The molecule has 382 valence electrons. The van der Waals surface area contributed by atoms with E-state index in [2.05, 4.69) is 258 Å². The molecular weight excluding hydrogens is 1000 g/mol. The lowest BCUT2D eigenvalue weighted by molar-refractivity contribution is 0.668. The van der Waals surface area contributed by atoms with Gasteiger partial charge in [0.1, 0.15) is 22.3 Å². The summed E-state index contributed by atoms with van der Waals surface area (Å²) in [5, 5.41) is 8.96. The summed E-state index contributed by atoms with van der Waals surface area (Å²) in [6, 6.07) is 96.5. The average Bonchev–Trinajstić information content (AvgIpc) is 3.77. The lowest BCUT2D eigenvalue weighted by Gasteiger charge is -2.14. The van der Waals surface area contributed by atoms with Crippen LogP contribution in [0.1, 0.15) is 0 Å². The van der Waals surface area contributed by atoms with E-state index in [1.54, 1.807) is 0 Å². The van der Waals surface area contributed by atoms with Crippen molar-refractivity contribution in [3.63, 3.8) is 0 Å². The van der Waals surface area contributed by atoms with Crippen LogP contribution in [0.25, 0.3) is 166 Å². The van der Waals surface area contributed by atoms with E-state index < -0.39 is 0 Å². The molecule has 0 saturated heterocycles. The predicted molar refractivity (Wildman–Crippen MR) is 336 cm³/mol. The number of furan rings is 2. The highest BCUT2D eigenvalue weighted by molar-refractivity contribution is 6.13. The molecule has 0 aliphatic heterocycles. The van der Waals surface area contributed by atoms with Gasteiger partial charge in [0.15, 0.2) is 11.6 Å². The molecule has 0 spiro atoms. The van der Waals surface area contributed by atoms with Crippen LogP contribution in [0.2, 0.25) is 0 Å². The normalized spacial score (nSPS) is 11.9. The van der Waals surface area contributed by atoms with Gasteiger partial charge in [-0.1, -0.05) is 182 Å². The second kappa shape index (κ2) is 18.2. The van der Waals surface area contributed by atoms with Crippen molar-refractivity contribution in [3.05, 3.63) is 273 Å². The van der Waals surface area contributed by atoms with Crippen LogP contribution in [-0.2, 0) is 0 Å². The lowest BCUT2D eigenvalue weighted by Crippen LogP contribution is -2.06. The van der Waals surface area contributed by atoms with Gasteiger partial charge in [-0.2, -0.15) is 9.97 Å². The molecule has 0 bridgehead atoms. The monoisotopic (exact) mass is 1050 g/mol. The molecule has 0 saturated carbocycles. The number of hydrogen-bond donors (Lipinski definition) is 0. The fourth-order valence-electron chi connectivity index (χ4n) is 12.5. The van der Waals surface area contributed by atoms with E-state index in [1.807, 2.05) is 24.3 Å². The van der Waals surface area contributed by atoms with Gasteiger partial charge in [-0.15, -0.1) is 0 Å². The van der Waals surface area contributed by atoms with Gasteiger partial charge < -0.3 is 13.4 Å². The van der Waals surface area contributed by atoms with E-state index >= 15 is 0 Å². The Balaban J connectivity index is 0.833. The van der Waals surface area contributed by atoms with Crippen LogP contribution < -0.4 is 0 Å². The Morgan fingerprint density at radius 3 is 1.26 bits per heavy atom. The van der Waals surface area contributed by atoms with Crippen LogP contribution in [0.4, 0.5) is 0 Å². The molecule has 7 heteroatoms. The number of benzene rings is 12. The van der Waals surface area contributed by atoms with E-state index in [9.17, 15) is 0 Å². The fraction of sp³-hybridized carbons (Fsp3) is 0. The smallest absolute Gasteiger partial charge is 0.238 e. The van der Waals surface area contributed by atoms with Crippen molar-refractivity contribution in [1.29, 1.82) is 0 Å². The SMILES string of the molecule is c1ccc(-c2ccccc2-c2cccc(-c3nc(-c4cccc(-n5c6ccccc6c6cc(-c7ccc8oc9ccccc9c8c7)ccc65)c4)nc(-n4c5ccccc5c5cc(-c6ccc7oc8ccccc8c7c6)ccc54)n3)c2)cc1. The summed E-state index contributed by atoms with van der Waals surface area (Å²) in [7, 11) is 0. The Morgan fingerprint density at radius 2 is 0.646 bits per heavy atom. The molecule has 17 rings (SSSR count). The molecule has 0 radical (unpaired) electrons. The summed E-state index contributed by atoms with van der Waals surface area (Å²) in [6.07, 6.45) is 0. The highest BCUT2D eigenvalue weighted by atomic mass is 16.3. The van der Waals surface area contributed by atoms with E-state index in [0.29, 0.717) is 17.6 Å². The highest BCUT2D eigenvalue weighted by Crippen LogP contribution is 2.41. The van der Waals surface area contributed by atoms with Gasteiger partial charge in [0.05, 0.1) is 22.1 Å². The van der Waals surface area contributed by atoms with Crippen molar-refractivity contribution in [2.45, 2.75) is 0 Å². The molecular formula is C75H45N5O2. The second-order valence-electron chi connectivity index (χ2n) is 21.1. The number of hydrogen-bond acceptors (Lipinski definition) is 5. The molecule has 0 aliphatic carbocycles. The number of nitrogens with zero attached hydrogens (tertiary/aromatic N) is 5. The van der Waals surface area contributed by atoms with Gasteiger partial charge in [-0.3, -0.25) is 4.57 Å². The Kier molecular flexibility index (Phi) is 10.2. The van der Waals surface area contributed by atoms with Crippen LogP contribution in [-0.4, -0.2) is 24.1 Å². The molecule has 7 nitrogen and oxygen atoms in total. The second-order valence-corrected chi connectivity index (χ2v) is 21.1. The first kappa shape index (κ1) is 45.8. The first-order chi connectivity index (χ1) is 40.6. The Labute approximate surface area is 469 Å². The lowest BCUT2D eigenvalue weighted by atomic mass is 9.94. The average molecular weight is 1050 g/mol. The Bertz CT molecular complexity index is 5430. The maximum Gasteiger partial charge on any atom is 0.238 e. The highest BCUT2D eigenvalue weighted by Gasteiger charge is 2.22. The summed E-state index contributed by atoms with van der Waals surface area (Å²) >= 11 is 0. The molecule has 12 aromatic carbocycles. The first-order valence-electron chi connectivity index (χ1n) is 27.6. The molecule has 0 fully saturated rings. The summed E-state index contributed by atoms with van der Waals surface area (Å²) in [5.41, 5.74) is 19.5.